The molecule has 0 atom stereocenters. The van der Waals surface area contributed by atoms with Gasteiger partial charge in [-0.2, -0.15) is 15.0 Å². The minimum atomic E-state index is 0.372. The van der Waals surface area contributed by atoms with Crippen LogP contribution in [0.15, 0.2) is 0 Å². The summed E-state index contributed by atoms with van der Waals surface area (Å²) >= 11 is 0. The molecule has 17 heavy (non-hydrogen) atoms. The summed E-state index contributed by atoms with van der Waals surface area (Å²) < 4.78 is 5.10. The van der Waals surface area contributed by atoms with Crippen LogP contribution < -0.4 is 15.0 Å². The van der Waals surface area contributed by atoms with E-state index in [1.807, 2.05) is 6.92 Å². The monoisotopic (exact) mass is 237 g/mol. The summed E-state index contributed by atoms with van der Waals surface area (Å²) in [6.45, 7) is 4.82. The molecule has 6 heteroatoms. The maximum atomic E-state index is 5.10. The van der Waals surface area contributed by atoms with Gasteiger partial charge in [-0.1, -0.05) is 0 Å². The highest BCUT2D eigenvalue weighted by Crippen LogP contribution is 2.18. The van der Waals surface area contributed by atoms with E-state index in [0.29, 0.717) is 17.9 Å². The summed E-state index contributed by atoms with van der Waals surface area (Å²) in [7, 11) is 1.57. The van der Waals surface area contributed by atoms with Crippen molar-refractivity contribution in [1.82, 2.24) is 15.0 Å². The molecule has 0 radical (unpaired) electrons. The van der Waals surface area contributed by atoms with Crippen LogP contribution in [0.3, 0.4) is 0 Å². The molecule has 94 valence electrons. The highest BCUT2D eigenvalue weighted by atomic mass is 16.5. The third-order valence-electron chi connectivity index (χ3n) is 2.76. The zero-order valence-corrected chi connectivity index (χ0v) is 10.4. The molecule has 0 bridgehead atoms. The highest BCUT2D eigenvalue weighted by Gasteiger charge is 2.16. The molecule has 0 saturated carbocycles. The molecule has 1 fully saturated rings. The van der Waals surface area contributed by atoms with E-state index < -0.39 is 0 Å². The number of rotatable bonds is 4. The minimum Gasteiger partial charge on any atom is -0.467 e. The van der Waals surface area contributed by atoms with Gasteiger partial charge in [0.05, 0.1) is 7.11 Å². The molecule has 0 amide bonds. The van der Waals surface area contributed by atoms with Crippen molar-refractivity contribution in [3.63, 3.8) is 0 Å². The number of anilines is 2. The standard InChI is InChI=1S/C11H19N5O/c1-3-12-9-13-10(15-11(14-9)17-2)16-7-5-4-6-8-16/h3-8H2,1-2H3,(H,12,13,14,15). The molecule has 6 nitrogen and oxygen atoms in total. The van der Waals surface area contributed by atoms with E-state index in [9.17, 15) is 0 Å². The second-order valence-corrected chi connectivity index (χ2v) is 4.02. The van der Waals surface area contributed by atoms with Crippen molar-refractivity contribution < 1.29 is 4.74 Å². The minimum absolute atomic E-state index is 0.372. The smallest absolute Gasteiger partial charge is 0.322 e. The van der Waals surface area contributed by atoms with Crippen molar-refractivity contribution in [1.29, 1.82) is 0 Å². The number of hydrogen-bond acceptors (Lipinski definition) is 6. The van der Waals surface area contributed by atoms with Crippen LogP contribution in [0.5, 0.6) is 6.01 Å². The Labute approximate surface area is 101 Å². The Morgan fingerprint density at radius 2 is 1.94 bits per heavy atom. The van der Waals surface area contributed by atoms with Crippen LogP contribution in [0.1, 0.15) is 26.2 Å². The SMILES string of the molecule is CCNc1nc(OC)nc(N2CCCCC2)n1. The molecule has 1 aliphatic heterocycles. The number of piperidine rings is 1. The Morgan fingerprint density at radius 1 is 1.18 bits per heavy atom. The van der Waals surface area contributed by atoms with E-state index in [1.54, 1.807) is 7.11 Å². The van der Waals surface area contributed by atoms with Gasteiger partial charge in [0.1, 0.15) is 0 Å². The largest absolute Gasteiger partial charge is 0.467 e. The topological polar surface area (TPSA) is 63.2 Å². The number of nitrogens with one attached hydrogen (secondary N) is 1. The lowest BCUT2D eigenvalue weighted by atomic mass is 10.1. The Kier molecular flexibility index (Phi) is 3.95. The van der Waals surface area contributed by atoms with E-state index in [1.165, 1.54) is 19.3 Å². The number of aromatic nitrogens is 3. The van der Waals surface area contributed by atoms with E-state index in [4.69, 9.17) is 4.74 Å². The number of ether oxygens (including phenoxy) is 1. The first-order chi connectivity index (χ1) is 8.33. The first-order valence-corrected chi connectivity index (χ1v) is 6.12. The Balaban J connectivity index is 2.21. The van der Waals surface area contributed by atoms with Crippen LogP contribution in [0.4, 0.5) is 11.9 Å². The maximum absolute atomic E-state index is 5.10. The van der Waals surface area contributed by atoms with Gasteiger partial charge in [-0.25, -0.2) is 0 Å². The van der Waals surface area contributed by atoms with Gasteiger partial charge >= 0.3 is 6.01 Å². The highest BCUT2D eigenvalue weighted by molar-refractivity contribution is 5.38. The van der Waals surface area contributed by atoms with Crippen LogP contribution in [-0.4, -0.2) is 41.7 Å². The van der Waals surface area contributed by atoms with Crippen molar-refractivity contribution >= 4 is 11.9 Å². The molecular formula is C11H19N5O. The molecule has 1 aromatic rings. The second-order valence-electron chi connectivity index (χ2n) is 4.02. The quantitative estimate of drug-likeness (QED) is 0.851. The normalized spacial score (nSPS) is 15.8. The van der Waals surface area contributed by atoms with Gasteiger partial charge in [0, 0.05) is 19.6 Å². The van der Waals surface area contributed by atoms with Gasteiger partial charge in [0.25, 0.3) is 0 Å². The molecular weight excluding hydrogens is 218 g/mol. The van der Waals surface area contributed by atoms with Crippen LogP contribution in [0.25, 0.3) is 0 Å². The molecule has 1 N–H and O–H groups in total. The zero-order valence-electron chi connectivity index (χ0n) is 10.4. The molecule has 2 heterocycles. The third-order valence-corrected chi connectivity index (χ3v) is 2.76. The van der Waals surface area contributed by atoms with Gasteiger partial charge < -0.3 is 15.0 Å². The van der Waals surface area contributed by atoms with Gasteiger partial charge in [0.2, 0.25) is 11.9 Å². The number of hydrogen-bond donors (Lipinski definition) is 1. The molecule has 1 aromatic heterocycles. The van der Waals surface area contributed by atoms with Gasteiger partial charge in [0.15, 0.2) is 0 Å². The average Bonchev–Trinajstić information content (AvgIpc) is 2.40. The summed E-state index contributed by atoms with van der Waals surface area (Å²) in [5, 5.41) is 3.09. The summed E-state index contributed by atoms with van der Waals surface area (Å²) in [6, 6.07) is 0.372. The molecule has 0 spiro atoms. The van der Waals surface area contributed by atoms with Crippen molar-refractivity contribution in [2.45, 2.75) is 26.2 Å². The first kappa shape index (κ1) is 11.9. The van der Waals surface area contributed by atoms with Crippen LogP contribution in [0, 0.1) is 0 Å². The second kappa shape index (κ2) is 5.65. The Hall–Kier alpha value is -1.59. The number of methoxy groups -OCH3 is 1. The maximum Gasteiger partial charge on any atom is 0.322 e. The van der Waals surface area contributed by atoms with Crippen LogP contribution >= 0.6 is 0 Å². The predicted octanol–water partition coefficient (Wildman–Crippen LogP) is 1.30. The van der Waals surface area contributed by atoms with Crippen molar-refractivity contribution in [3.8, 4) is 6.01 Å². The van der Waals surface area contributed by atoms with Gasteiger partial charge in [-0.05, 0) is 26.2 Å². The predicted molar refractivity (Wildman–Crippen MR) is 66.6 cm³/mol. The summed E-state index contributed by atoms with van der Waals surface area (Å²) in [6.07, 6.45) is 3.69. The molecule has 2 rings (SSSR count). The average molecular weight is 237 g/mol. The fourth-order valence-electron chi connectivity index (χ4n) is 1.91. The summed E-state index contributed by atoms with van der Waals surface area (Å²) in [5.41, 5.74) is 0. The third kappa shape index (κ3) is 2.95. The molecule has 1 aliphatic rings. The molecule has 0 unspecified atom stereocenters. The van der Waals surface area contributed by atoms with Gasteiger partial charge in [-0.15, -0.1) is 0 Å². The lowest BCUT2D eigenvalue weighted by molar-refractivity contribution is 0.378. The van der Waals surface area contributed by atoms with E-state index in [-0.39, 0.29) is 0 Å². The summed E-state index contributed by atoms with van der Waals surface area (Å²) in [5.74, 6) is 1.30. The van der Waals surface area contributed by atoms with E-state index >= 15 is 0 Å². The lowest BCUT2D eigenvalue weighted by Gasteiger charge is -2.26. The van der Waals surface area contributed by atoms with Crippen molar-refractivity contribution in [2.24, 2.45) is 0 Å². The van der Waals surface area contributed by atoms with Crippen LogP contribution in [-0.2, 0) is 0 Å². The van der Waals surface area contributed by atoms with Gasteiger partial charge in [-0.3, -0.25) is 0 Å². The summed E-state index contributed by atoms with van der Waals surface area (Å²) in [4.78, 5) is 15.0. The number of nitrogens with zero attached hydrogens (tertiary/aromatic N) is 4. The fourth-order valence-corrected chi connectivity index (χ4v) is 1.91. The van der Waals surface area contributed by atoms with Crippen LogP contribution in [0.2, 0.25) is 0 Å². The Morgan fingerprint density at radius 3 is 2.59 bits per heavy atom. The van der Waals surface area contributed by atoms with Crippen molar-refractivity contribution in [2.75, 3.05) is 37.0 Å². The zero-order chi connectivity index (χ0) is 12.1. The molecule has 1 saturated heterocycles. The fraction of sp³-hybridized carbons (Fsp3) is 0.727. The van der Waals surface area contributed by atoms with E-state index in [2.05, 4.69) is 25.2 Å². The van der Waals surface area contributed by atoms with E-state index in [0.717, 1.165) is 19.6 Å². The lowest BCUT2D eigenvalue weighted by Crippen LogP contribution is -2.31. The molecule has 0 aliphatic carbocycles. The molecule has 0 aromatic carbocycles. The van der Waals surface area contributed by atoms with Crippen molar-refractivity contribution in [3.05, 3.63) is 0 Å². The Bertz CT molecular complexity index is 365. The first-order valence-electron chi connectivity index (χ1n) is 6.12.